The molecule has 1 heterocycles. The van der Waals surface area contributed by atoms with Crippen molar-refractivity contribution in [1.29, 1.82) is 0 Å². The molecule has 0 saturated carbocycles. The van der Waals surface area contributed by atoms with Crippen LogP contribution >= 0.6 is 23.2 Å². The van der Waals surface area contributed by atoms with Gasteiger partial charge >= 0.3 is 5.97 Å². The topological polar surface area (TPSA) is 57.0 Å². The molecule has 0 atom stereocenters. The van der Waals surface area contributed by atoms with E-state index in [1.165, 1.54) is 19.8 Å². The molecule has 7 heteroatoms. The largest absolute Gasteiger partial charge is 0.465 e. The van der Waals surface area contributed by atoms with Crippen molar-refractivity contribution in [2.45, 2.75) is 0 Å². The van der Waals surface area contributed by atoms with E-state index >= 15 is 0 Å². The number of hydrogen-bond acceptors (Lipinski definition) is 4. The highest BCUT2D eigenvalue weighted by molar-refractivity contribution is 6.39. The zero-order chi connectivity index (χ0) is 12.4. The van der Waals surface area contributed by atoms with E-state index in [4.69, 9.17) is 23.2 Å². The number of methoxy groups -OCH3 is 1. The van der Waals surface area contributed by atoms with E-state index in [-0.39, 0.29) is 15.6 Å². The van der Waals surface area contributed by atoms with Gasteiger partial charge in [0.2, 0.25) is 0 Å². The summed E-state index contributed by atoms with van der Waals surface area (Å²) in [5.41, 5.74) is 0.810. The minimum absolute atomic E-state index is 0.146. The Bertz CT molecular complexity index is 532. The van der Waals surface area contributed by atoms with E-state index in [9.17, 15) is 4.79 Å². The molecule has 88 valence electrons. The van der Waals surface area contributed by atoms with Crippen LogP contribution < -0.4 is 0 Å². The third kappa shape index (κ3) is 2.25. The molecule has 0 amide bonds. The van der Waals surface area contributed by atoms with Gasteiger partial charge in [0.1, 0.15) is 12.7 Å². The van der Waals surface area contributed by atoms with Crippen molar-refractivity contribution in [2.24, 2.45) is 0 Å². The molecule has 0 aliphatic heterocycles. The van der Waals surface area contributed by atoms with E-state index in [0.29, 0.717) is 5.69 Å². The third-order valence-electron chi connectivity index (χ3n) is 2.13. The average Bonchev–Trinajstić information content (AvgIpc) is 2.81. The smallest absolute Gasteiger partial charge is 0.340 e. The predicted octanol–water partition coefficient (Wildman–Crippen LogP) is 2.36. The summed E-state index contributed by atoms with van der Waals surface area (Å²) in [6, 6.07) is 3.17. The summed E-state index contributed by atoms with van der Waals surface area (Å²) in [6.45, 7) is 0. The zero-order valence-corrected chi connectivity index (χ0v) is 10.2. The van der Waals surface area contributed by atoms with Gasteiger partial charge in [-0.1, -0.05) is 23.2 Å². The summed E-state index contributed by atoms with van der Waals surface area (Å²) in [5.74, 6) is -0.574. The van der Waals surface area contributed by atoms with E-state index in [1.54, 1.807) is 16.7 Å². The lowest BCUT2D eigenvalue weighted by atomic mass is 10.2. The van der Waals surface area contributed by atoms with Gasteiger partial charge in [-0.25, -0.2) is 4.79 Å². The maximum absolute atomic E-state index is 11.4. The Kier molecular flexibility index (Phi) is 3.31. The third-order valence-corrected chi connectivity index (χ3v) is 2.73. The van der Waals surface area contributed by atoms with Crippen LogP contribution in [-0.4, -0.2) is 27.8 Å². The SMILES string of the molecule is COC(=O)c1c(Cl)cc(-n2cnnc2)cc1Cl. The summed E-state index contributed by atoms with van der Waals surface area (Å²) < 4.78 is 6.21. The molecule has 5 nitrogen and oxygen atoms in total. The van der Waals surface area contributed by atoms with Gasteiger partial charge in [0.15, 0.2) is 0 Å². The molecule has 0 bridgehead atoms. The van der Waals surface area contributed by atoms with Crippen LogP contribution in [0.5, 0.6) is 0 Å². The molecule has 0 saturated heterocycles. The lowest BCUT2D eigenvalue weighted by Crippen LogP contribution is -2.04. The van der Waals surface area contributed by atoms with Crippen LogP contribution in [-0.2, 0) is 4.74 Å². The average molecular weight is 272 g/mol. The Morgan fingerprint density at radius 2 is 1.76 bits per heavy atom. The van der Waals surface area contributed by atoms with Gasteiger partial charge in [-0.3, -0.25) is 4.57 Å². The normalized spacial score (nSPS) is 10.3. The zero-order valence-electron chi connectivity index (χ0n) is 8.72. The molecular weight excluding hydrogens is 265 g/mol. The fraction of sp³-hybridized carbons (Fsp3) is 0.100. The predicted molar refractivity (Wildman–Crippen MR) is 62.7 cm³/mol. The number of nitrogens with zero attached hydrogens (tertiary/aromatic N) is 3. The second kappa shape index (κ2) is 4.73. The number of ether oxygens (including phenoxy) is 1. The highest BCUT2D eigenvalue weighted by Gasteiger charge is 2.17. The molecule has 17 heavy (non-hydrogen) atoms. The Hall–Kier alpha value is -1.59. The Morgan fingerprint density at radius 3 is 2.24 bits per heavy atom. The first-order chi connectivity index (χ1) is 8.13. The highest BCUT2D eigenvalue weighted by Crippen LogP contribution is 2.28. The molecule has 0 unspecified atom stereocenters. The molecular formula is C10H7Cl2N3O2. The van der Waals surface area contributed by atoms with Gasteiger partial charge in [-0.15, -0.1) is 10.2 Å². The van der Waals surface area contributed by atoms with Gasteiger partial charge in [0, 0.05) is 0 Å². The van der Waals surface area contributed by atoms with Crippen LogP contribution in [0.25, 0.3) is 5.69 Å². The molecule has 1 aromatic carbocycles. The van der Waals surface area contributed by atoms with Crippen LogP contribution in [0.2, 0.25) is 10.0 Å². The summed E-state index contributed by atoms with van der Waals surface area (Å²) in [5, 5.41) is 7.77. The standard InChI is InChI=1S/C10H7Cl2N3O2/c1-17-10(16)9-7(11)2-6(3-8(9)12)15-4-13-14-5-15/h2-5H,1H3. The number of esters is 1. The van der Waals surface area contributed by atoms with E-state index in [1.807, 2.05) is 0 Å². The highest BCUT2D eigenvalue weighted by atomic mass is 35.5. The first kappa shape index (κ1) is 11.9. The Labute approximate surface area is 107 Å². The van der Waals surface area contributed by atoms with Crippen molar-refractivity contribution < 1.29 is 9.53 Å². The van der Waals surface area contributed by atoms with Crippen LogP contribution in [0.4, 0.5) is 0 Å². The Balaban J connectivity index is 2.53. The van der Waals surface area contributed by atoms with Gasteiger partial charge < -0.3 is 4.74 Å². The molecule has 0 aliphatic rings. The molecule has 0 radical (unpaired) electrons. The van der Waals surface area contributed by atoms with Crippen molar-refractivity contribution in [3.8, 4) is 5.69 Å². The number of rotatable bonds is 2. The van der Waals surface area contributed by atoms with Crippen molar-refractivity contribution in [3.63, 3.8) is 0 Å². The fourth-order valence-electron chi connectivity index (χ4n) is 1.34. The fourth-order valence-corrected chi connectivity index (χ4v) is 1.97. The van der Waals surface area contributed by atoms with Crippen molar-refractivity contribution in [2.75, 3.05) is 7.11 Å². The van der Waals surface area contributed by atoms with E-state index in [0.717, 1.165) is 0 Å². The lowest BCUT2D eigenvalue weighted by Gasteiger charge is -2.08. The number of carbonyl (C=O) groups is 1. The molecule has 2 aromatic rings. The first-order valence-corrected chi connectivity index (χ1v) is 5.31. The van der Waals surface area contributed by atoms with Gasteiger partial charge in [0.25, 0.3) is 0 Å². The van der Waals surface area contributed by atoms with Crippen molar-refractivity contribution in [1.82, 2.24) is 14.8 Å². The second-order valence-corrected chi connectivity index (χ2v) is 3.96. The van der Waals surface area contributed by atoms with Crippen molar-refractivity contribution >= 4 is 29.2 Å². The summed E-state index contributed by atoms with van der Waals surface area (Å²) in [4.78, 5) is 11.4. The summed E-state index contributed by atoms with van der Waals surface area (Å²) in [6.07, 6.45) is 3.00. The lowest BCUT2D eigenvalue weighted by molar-refractivity contribution is 0.0601. The Morgan fingerprint density at radius 1 is 1.24 bits per heavy atom. The van der Waals surface area contributed by atoms with Gasteiger partial charge in [-0.05, 0) is 12.1 Å². The number of hydrogen-bond donors (Lipinski definition) is 0. The van der Waals surface area contributed by atoms with Crippen LogP contribution in [0.3, 0.4) is 0 Å². The molecule has 2 rings (SSSR count). The maximum Gasteiger partial charge on any atom is 0.340 e. The van der Waals surface area contributed by atoms with E-state index in [2.05, 4.69) is 14.9 Å². The maximum atomic E-state index is 11.4. The molecule has 0 fully saturated rings. The number of aromatic nitrogens is 3. The minimum Gasteiger partial charge on any atom is -0.465 e. The summed E-state index contributed by atoms with van der Waals surface area (Å²) in [7, 11) is 1.27. The number of carbonyl (C=O) groups excluding carboxylic acids is 1. The van der Waals surface area contributed by atoms with Crippen LogP contribution in [0.1, 0.15) is 10.4 Å². The van der Waals surface area contributed by atoms with Gasteiger partial charge in [0.05, 0.1) is 28.4 Å². The number of benzene rings is 1. The summed E-state index contributed by atoms with van der Waals surface area (Å²) >= 11 is 12.0. The van der Waals surface area contributed by atoms with Crippen LogP contribution in [0.15, 0.2) is 24.8 Å². The molecule has 0 spiro atoms. The van der Waals surface area contributed by atoms with Crippen molar-refractivity contribution in [3.05, 3.63) is 40.4 Å². The number of halogens is 2. The molecule has 1 aromatic heterocycles. The minimum atomic E-state index is -0.574. The molecule has 0 aliphatic carbocycles. The quantitative estimate of drug-likeness (QED) is 0.787. The molecule has 0 N–H and O–H groups in total. The van der Waals surface area contributed by atoms with Crippen LogP contribution in [0, 0.1) is 0 Å². The van der Waals surface area contributed by atoms with Gasteiger partial charge in [-0.2, -0.15) is 0 Å². The van der Waals surface area contributed by atoms with E-state index < -0.39 is 5.97 Å². The second-order valence-electron chi connectivity index (χ2n) is 3.15. The first-order valence-electron chi connectivity index (χ1n) is 4.56. The monoisotopic (exact) mass is 271 g/mol.